The van der Waals surface area contributed by atoms with E-state index in [2.05, 4.69) is 20.9 Å². The van der Waals surface area contributed by atoms with Gasteiger partial charge in [-0.15, -0.1) is 5.10 Å². The average molecular weight is 223 g/mol. The van der Waals surface area contributed by atoms with Crippen LogP contribution in [0.5, 0.6) is 0 Å². The van der Waals surface area contributed by atoms with Gasteiger partial charge in [-0.05, 0) is 19.8 Å². The van der Waals surface area contributed by atoms with E-state index in [4.69, 9.17) is 0 Å². The fraction of sp³-hybridized carbons (Fsp3) is 0.700. The van der Waals surface area contributed by atoms with Crippen molar-refractivity contribution in [3.8, 4) is 0 Å². The highest BCUT2D eigenvalue weighted by Crippen LogP contribution is 2.18. The highest BCUT2D eigenvalue weighted by atomic mass is 16.2. The summed E-state index contributed by atoms with van der Waals surface area (Å²) in [5.41, 5.74) is 0. The number of carbonyl (C=O) groups excluding carboxylic acids is 1. The maximum atomic E-state index is 11.6. The molecule has 0 aliphatic heterocycles. The fourth-order valence-corrected chi connectivity index (χ4v) is 1.39. The van der Waals surface area contributed by atoms with E-state index in [0.717, 1.165) is 19.4 Å². The average Bonchev–Trinajstić information content (AvgIpc) is 2.93. The Morgan fingerprint density at radius 1 is 1.62 bits per heavy atom. The van der Waals surface area contributed by atoms with Crippen LogP contribution in [0.1, 0.15) is 19.8 Å². The second-order valence-electron chi connectivity index (χ2n) is 4.12. The van der Waals surface area contributed by atoms with Crippen molar-refractivity contribution in [2.24, 2.45) is 0 Å². The van der Waals surface area contributed by atoms with Crippen LogP contribution in [-0.2, 0) is 11.3 Å². The quantitative estimate of drug-likeness (QED) is 0.684. The Balaban J connectivity index is 1.62. The van der Waals surface area contributed by atoms with Crippen molar-refractivity contribution in [1.29, 1.82) is 0 Å². The summed E-state index contributed by atoms with van der Waals surface area (Å²) in [6.45, 7) is 3.31. The van der Waals surface area contributed by atoms with Gasteiger partial charge >= 0.3 is 0 Å². The Morgan fingerprint density at radius 3 is 3.06 bits per heavy atom. The van der Waals surface area contributed by atoms with E-state index in [9.17, 15) is 4.79 Å². The van der Waals surface area contributed by atoms with Gasteiger partial charge in [0.1, 0.15) is 0 Å². The summed E-state index contributed by atoms with van der Waals surface area (Å²) >= 11 is 0. The van der Waals surface area contributed by atoms with E-state index in [-0.39, 0.29) is 11.9 Å². The molecule has 6 nitrogen and oxygen atoms in total. The van der Waals surface area contributed by atoms with Gasteiger partial charge in [0.25, 0.3) is 0 Å². The third-order valence-corrected chi connectivity index (χ3v) is 2.58. The number of aromatic nitrogens is 3. The lowest BCUT2D eigenvalue weighted by Crippen LogP contribution is -2.43. The van der Waals surface area contributed by atoms with Crippen molar-refractivity contribution < 1.29 is 4.79 Å². The van der Waals surface area contributed by atoms with Gasteiger partial charge < -0.3 is 10.6 Å². The first-order valence-electron chi connectivity index (χ1n) is 5.63. The van der Waals surface area contributed by atoms with E-state index >= 15 is 0 Å². The molecule has 6 heteroatoms. The zero-order valence-electron chi connectivity index (χ0n) is 9.39. The van der Waals surface area contributed by atoms with Crippen molar-refractivity contribution in [3.63, 3.8) is 0 Å². The summed E-state index contributed by atoms with van der Waals surface area (Å²) in [6, 6.07) is 0.274. The van der Waals surface area contributed by atoms with Crippen LogP contribution < -0.4 is 10.6 Å². The van der Waals surface area contributed by atoms with Gasteiger partial charge in [0, 0.05) is 18.8 Å². The van der Waals surface area contributed by atoms with Crippen LogP contribution in [0.15, 0.2) is 12.4 Å². The van der Waals surface area contributed by atoms with Crippen LogP contribution >= 0.6 is 0 Å². The highest BCUT2D eigenvalue weighted by molar-refractivity contribution is 5.81. The molecule has 16 heavy (non-hydrogen) atoms. The minimum atomic E-state index is -0.149. The van der Waals surface area contributed by atoms with Crippen LogP contribution in [0.4, 0.5) is 0 Å². The molecule has 1 aromatic heterocycles. The van der Waals surface area contributed by atoms with E-state index in [1.165, 1.54) is 0 Å². The normalized spacial score (nSPS) is 17.1. The van der Waals surface area contributed by atoms with E-state index in [0.29, 0.717) is 12.6 Å². The van der Waals surface area contributed by atoms with Crippen LogP contribution in [0.2, 0.25) is 0 Å². The van der Waals surface area contributed by atoms with E-state index in [1.54, 1.807) is 17.1 Å². The van der Waals surface area contributed by atoms with Gasteiger partial charge in [-0.2, -0.15) is 0 Å². The Bertz CT molecular complexity index is 333. The number of nitrogens with one attached hydrogen (secondary N) is 2. The minimum Gasteiger partial charge on any atom is -0.352 e. The first-order chi connectivity index (χ1) is 7.75. The van der Waals surface area contributed by atoms with E-state index in [1.807, 2.05) is 6.92 Å². The van der Waals surface area contributed by atoms with Crippen LogP contribution in [-0.4, -0.2) is 39.5 Å². The standard InChI is InChI=1S/C10H17N5O/c1-8(10(16)13-9-2-3-9)11-4-6-15-7-5-12-14-15/h5,7-9,11H,2-4,6H2,1H3,(H,13,16). The molecule has 1 aliphatic rings. The fourth-order valence-electron chi connectivity index (χ4n) is 1.39. The van der Waals surface area contributed by atoms with Crippen molar-refractivity contribution in [3.05, 3.63) is 12.4 Å². The molecule has 0 saturated heterocycles. The number of hydrogen-bond donors (Lipinski definition) is 2. The lowest BCUT2D eigenvalue weighted by Gasteiger charge is -2.13. The summed E-state index contributed by atoms with van der Waals surface area (Å²) in [7, 11) is 0. The lowest BCUT2D eigenvalue weighted by molar-refractivity contribution is -0.122. The van der Waals surface area contributed by atoms with Gasteiger partial charge in [-0.3, -0.25) is 9.48 Å². The molecule has 0 radical (unpaired) electrons. The van der Waals surface area contributed by atoms with Gasteiger partial charge in [0.05, 0.1) is 18.8 Å². The van der Waals surface area contributed by atoms with Gasteiger partial charge in [0.2, 0.25) is 5.91 Å². The summed E-state index contributed by atoms with van der Waals surface area (Å²) in [6.07, 6.45) is 5.69. The summed E-state index contributed by atoms with van der Waals surface area (Å²) < 4.78 is 1.73. The minimum absolute atomic E-state index is 0.0843. The molecular weight excluding hydrogens is 206 g/mol. The molecule has 1 heterocycles. The summed E-state index contributed by atoms with van der Waals surface area (Å²) in [5.74, 6) is 0.0843. The van der Waals surface area contributed by atoms with Crippen LogP contribution in [0, 0.1) is 0 Å². The molecule has 1 saturated carbocycles. The summed E-state index contributed by atoms with van der Waals surface area (Å²) in [4.78, 5) is 11.6. The molecule has 0 bridgehead atoms. The van der Waals surface area contributed by atoms with Gasteiger partial charge in [-0.1, -0.05) is 5.21 Å². The second-order valence-corrected chi connectivity index (χ2v) is 4.12. The first kappa shape index (κ1) is 11.1. The number of hydrogen-bond acceptors (Lipinski definition) is 4. The van der Waals surface area contributed by atoms with Crippen LogP contribution in [0.3, 0.4) is 0 Å². The largest absolute Gasteiger partial charge is 0.352 e. The molecule has 1 unspecified atom stereocenters. The smallest absolute Gasteiger partial charge is 0.237 e. The number of nitrogens with zero attached hydrogens (tertiary/aromatic N) is 3. The molecule has 0 spiro atoms. The molecule has 0 aromatic carbocycles. The third kappa shape index (κ3) is 3.30. The van der Waals surface area contributed by atoms with Crippen molar-refractivity contribution >= 4 is 5.91 Å². The monoisotopic (exact) mass is 223 g/mol. The predicted octanol–water partition coefficient (Wildman–Crippen LogP) is -0.465. The predicted molar refractivity (Wildman–Crippen MR) is 58.7 cm³/mol. The molecule has 1 aliphatic carbocycles. The van der Waals surface area contributed by atoms with Gasteiger partial charge in [0.15, 0.2) is 0 Å². The maximum Gasteiger partial charge on any atom is 0.237 e. The molecule has 1 aromatic rings. The highest BCUT2D eigenvalue weighted by Gasteiger charge is 2.25. The SMILES string of the molecule is CC(NCCn1ccnn1)C(=O)NC1CC1. The number of rotatable bonds is 6. The Kier molecular flexibility index (Phi) is 3.51. The second kappa shape index (κ2) is 5.07. The molecule has 2 N–H and O–H groups in total. The zero-order chi connectivity index (χ0) is 11.4. The topological polar surface area (TPSA) is 71.8 Å². The molecular formula is C10H17N5O. The molecule has 1 atom stereocenters. The number of carbonyl (C=O) groups is 1. The molecule has 1 amide bonds. The maximum absolute atomic E-state index is 11.6. The van der Waals surface area contributed by atoms with Gasteiger partial charge in [-0.25, -0.2) is 0 Å². The van der Waals surface area contributed by atoms with Crippen molar-refractivity contribution in [2.45, 2.75) is 38.4 Å². The van der Waals surface area contributed by atoms with E-state index < -0.39 is 0 Å². The van der Waals surface area contributed by atoms with Crippen molar-refractivity contribution in [1.82, 2.24) is 25.6 Å². The Morgan fingerprint density at radius 2 is 2.44 bits per heavy atom. The molecule has 2 rings (SSSR count). The Hall–Kier alpha value is -1.43. The van der Waals surface area contributed by atoms with Crippen LogP contribution in [0.25, 0.3) is 0 Å². The number of amides is 1. The lowest BCUT2D eigenvalue weighted by atomic mass is 10.3. The Labute approximate surface area is 94.4 Å². The first-order valence-corrected chi connectivity index (χ1v) is 5.63. The van der Waals surface area contributed by atoms with Crippen molar-refractivity contribution in [2.75, 3.05) is 6.54 Å². The zero-order valence-corrected chi connectivity index (χ0v) is 9.39. The molecule has 88 valence electrons. The molecule has 1 fully saturated rings. The summed E-state index contributed by atoms with van der Waals surface area (Å²) in [5, 5.41) is 13.7. The third-order valence-electron chi connectivity index (χ3n) is 2.58.